The smallest absolute Gasteiger partial charge is 0.236 e. The summed E-state index contributed by atoms with van der Waals surface area (Å²) >= 11 is 4.15. The van der Waals surface area contributed by atoms with Crippen molar-refractivity contribution in [1.29, 1.82) is 5.26 Å². The average Bonchev–Trinajstić information content (AvgIpc) is 3.23. The molecular formula is C16H13N5OS3. The number of thiophene rings is 1. The van der Waals surface area contributed by atoms with Crippen LogP contribution in [0.2, 0.25) is 0 Å². The van der Waals surface area contributed by atoms with Gasteiger partial charge in [-0.25, -0.2) is 4.98 Å². The van der Waals surface area contributed by atoms with Crippen molar-refractivity contribution in [2.45, 2.75) is 18.9 Å². The van der Waals surface area contributed by atoms with Gasteiger partial charge in [-0.15, -0.1) is 21.5 Å². The van der Waals surface area contributed by atoms with E-state index in [1.807, 2.05) is 37.4 Å². The number of aromatic nitrogens is 3. The van der Waals surface area contributed by atoms with E-state index in [4.69, 9.17) is 0 Å². The van der Waals surface area contributed by atoms with Crippen molar-refractivity contribution in [3.8, 4) is 16.0 Å². The predicted octanol–water partition coefficient (Wildman–Crippen LogP) is 3.88. The Hall–Kier alpha value is -2.28. The Balaban J connectivity index is 1.63. The fraction of sp³-hybridized carbons (Fsp3) is 0.188. The molecule has 0 fully saturated rings. The summed E-state index contributed by atoms with van der Waals surface area (Å²) < 4.78 is 0. The van der Waals surface area contributed by atoms with Crippen LogP contribution in [-0.2, 0) is 4.79 Å². The Bertz CT molecular complexity index is 943. The zero-order chi connectivity index (χ0) is 17.8. The minimum atomic E-state index is -0.205. The molecule has 6 nitrogen and oxygen atoms in total. The van der Waals surface area contributed by atoms with Gasteiger partial charge in [0.1, 0.15) is 11.1 Å². The highest BCUT2D eigenvalue weighted by molar-refractivity contribution is 8.00. The number of hydrogen-bond donors (Lipinski definition) is 1. The molecule has 3 aromatic rings. The first-order valence-electron chi connectivity index (χ1n) is 7.25. The lowest BCUT2D eigenvalue weighted by atomic mass is 10.1. The summed E-state index contributed by atoms with van der Waals surface area (Å²) in [5.41, 5.74) is 2.20. The van der Waals surface area contributed by atoms with Crippen LogP contribution in [0.25, 0.3) is 9.88 Å². The number of aryl methyl sites for hydroxylation is 2. The van der Waals surface area contributed by atoms with E-state index in [-0.39, 0.29) is 11.7 Å². The number of anilines is 1. The third-order valence-electron chi connectivity index (χ3n) is 3.17. The highest BCUT2D eigenvalue weighted by Gasteiger charge is 2.14. The van der Waals surface area contributed by atoms with Crippen LogP contribution in [0.1, 0.15) is 16.8 Å². The lowest BCUT2D eigenvalue weighted by Crippen LogP contribution is -2.14. The molecule has 0 aliphatic rings. The van der Waals surface area contributed by atoms with Crippen molar-refractivity contribution in [2.24, 2.45) is 0 Å². The van der Waals surface area contributed by atoms with Crippen LogP contribution in [0.5, 0.6) is 0 Å². The van der Waals surface area contributed by atoms with Gasteiger partial charge in [0, 0.05) is 5.69 Å². The van der Waals surface area contributed by atoms with Crippen molar-refractivity contribution in [1.82, 2.24) is 15.2 Å². The summed E-state index contributed by atoms with van der Waals surface area (Å²) in [7, 11) is 0. The largest absolute Gasteiger partial charge is 0.300 e. The highest BCUT2D eigenvalue weighted by Crippen LogP contribution is 2.30. The van der Waals surface area contributed by atoms with Crippen LogP contribution in [0.3, 0.4) is 0 Å². The molecule has 0 bridgehead atoms. The fourth-order valence-electron chi connectivity index (χ4n) is 2.11. The van der Waals surface area contributed by atoms with Gasteiger partial charge in [0.05, 0.1) is 16.2 Å². The zero-order valence-electron chi connectivity index (χ0n) is 13.4. The molecular weight excluding hydrogens is 374 g/mol. The Morgan fingerprint density at radius 3 is 2.96 bits per heavy atom. The molecule has 126 valence electrons. The van der Waals surface area contributed by atoms with E-state index in [2.05, 4.69) is 26.6 Å². The number of amides is 1. The quantitative estimate of drug-likeness (QED) is 0.668. The van der Waals surface area contributed by atoms with E-state index in [1.165, 1.54) is 23.1 Å². The molecule has 1 N–H and O–H groups in total. The van der Waals surface area contributed by atoms with Crippen LogP contribution in [0.4, 0.5) is 5.13 Å². The van der Waals surface area contributed by atoms with E-state index < -0.39 is 0 Å². The topological polar surface area (TPSA) is 91.6 Å². The number of nitrogens with one attached hydrogen (secondary N) is 1. The van der Waals surface area contributed by atoms with Crippen LogP contribution in [0, 0.1) is 25.2 Å². The van der Waals surface area contributed by atoms with Crippen LogP contribution >= 0.6 is 34.4 Å². The van der Waals surface area contributed by atoms with Gasteiger partial charge in [0.25, 0.3) is 0 Å². The van der Waals surface area contributed by atoms with Crippen LogP contribution < -0.4 is 5.32 Å². The Morgan fingerprint density at radius 2 is 2.24 bits per heavy atom. The van der Waals surface area contributed by atoms with Gasteiger partial charge in [-0.1, -0.05) is 29.2 Å². The summed E-state index contributed by atoms with van der Waals surface area (Å²) in [5.74, 6) is -0.0536. The Labute approximate surface area is 157 Å². The lowest BCUT2D eigenvalue weighted by molar-refractivity contribution is -0.113. The first-order chi connectivity index (χ1) is 12.1. The summed E-state index contributed by atoms with van der Waals surface area (Å²) in [6.45, 7) is 3.73. The van der Waals surface area contributed by atoms with Gasteiger partial charge in [-0.05, 0) is 36.9 Å². The van der Waals surface area contributed by atoms with Crippen molar-refractivity contribution in [3.63, 3.8) is 0 Å². The van der Waals surface area contributed by atoms with Gasteiger partial charge in [-0.3, -0.25) is 10.1 Å². The molecule has 0 aliphatic heterocycles. The SMILES string of the molecule is Cc1cc(C)c(C#N)c(SCC(=O)Nc2nnc(-c3cccs3)s2)n1. The molecule has 9 heteroatoms. The third-order valence-corrected chi connectivity index (χ3v) is 6.02. The monoisotopic (exact) mass is 387 g/mol. The Kier molecular flexibility index (Phi) is 5.43. The maximum Gasteiger partial charge on any atom is 0.236 e. The number of carbonyl (C=O) groups is 1. The number of rotatable bonds is 5. The molecule has 0 unspecified atom stereocenters. The number of nitrogens with zero attached hydrogens (tertiary/aromatic N) is 4. The molecule has 3 rings (SSSR count). The molecule has 0 radical (unpaired) electrons. The average molecular weight is 388 g/mol. The number of carbonyl (C=O) groups excluding carboxylic acids is 1. The minimum absolute atomic E-state index is 0.151. The second-order valence-electron chi connectivity index (χ2n) is 5.10. The zero-order valence-corrected chi connectivity index (χ0v) is 15.9. The number of pyridine rings is 1. The highest BCUT2D eigenvalue weighted by atomic mass is 32.2. The Morgan fingerprint density at radius 1 is 1.40 bits per heavy atom. The van der Waals surface area contributed by atoms with Crippen LogP contribution in [0.15, 0.2) is 28.6 Å². The van der Waals surface area contributed by atoms with Gasteiger partial charge in [-0.2, -0.15) is 5.26 Å². The third kappa shape index (κ3) is 4.22. The fourth-order valence-corrected chi connectivity index (χ4v) is 4.56. The van der Waals surface area contributed by atoms with Crippen LogP contribution in [-0.4, -0.2) is 26.8 Å². The first kappa shape index (κ1) is 17.5. The maximum absolute atomic E-state index is 12.1. The number of hydrogen-bond acceptors (Lipinski definition) is 8. The molecule has 0 aliphatic carbocycles. The molecule has 1 amide bonds. The van der Waals surface area contributed by atoms with Gasteiger partial charge < -0.3 is 0 Å². The van der Waals surface area contributed by atoms with Crippen molar-refractivity contribution in [3.05, 3.63) is 40.4 Å². The van der Waals surface area contributed by atoms with Gasteiger partial charge in [0.2, 0.25) is 11.0 Å². The van der Waals surface area contributed by atoms with E-state index in [1.54, 1.807) is 11.3 Å². The number of nitriles is 1. The second-order valence-corrected chi connectivity index (χ2v) is 7.99. The maximum atomic E-state index is 12.1. The normalized spacial score (nSPS) is 10.4. The van der Waals surface area contributed by atoms with E-state index in [9.17, 15) is 10.1 Å². The van der Waals surface area contributed by atoms with E-state index in [0.717, 1.165) is 21.1 Å². The molecule has 25 heavy (non-hydrogen) atoms. The lowest BCUT2D eigenvalue weighted by Gasteiger charge is -2.07. The summed E-state index contributed by atoms with van der Waals surface area (Å²) in [4.78, 5) is 17.5. The summed E-state index contributed by atoms with van der Waals surface area (Å²) in [6.07, 6.45) is 0. The molecule has 0 atom stereocenters. The summed E-state index contributed by atoms with van der Waals surface area (Å²) in [5, 5.41) is 23.9. The molecule has 0 saturated carbocycles. The molecule has 3 aromatic heterocycles. The van der Waals surface area contributed by atoms with Gasteiger partial charge >= 0.3 is 0 Å². The predicted molar refractivity (Wildman–Crippen MR) is 101 cm³/mol. The van der Waals surface area contributed by atoms with E-state index in [0.29, 0.717) is 15.7 Å². The summed E-state index contributed by atoms with van der Waals surface area (Å²) in [6, 6.07) is 7.91. The second kappa shape index (κ2) is 7.74. The molecule has 0 saturated heterocycles. The molecule has 0 aromatic carbocycles. The standard InChI is InChI=1S/C16H13N5OS3/c1-9-6-10(2)18-14(11(9)7-17)24-8-13(22)19-16-21-20-15(25-16)12-4-3-5-23-12/h3-6H,8H2,1-2H3,(H,19,21,22). The van der Waals surface area contributed by atoms with Gasteiger partial charge in [0.15, 0.2) is 5.01 Å². The van der Waals surface area contributed by atoms with Crippen molar-refractivity contribution < 1.29 is 4.79 Å². The van der Waals surface area contributed by atoms with E-state index >= 15 is 0 Å². The first-order valence-corrected chi connectivity index (χ1v) is 9.93. The van der Waals surface area contributed by atoms with Crippen molar-refractivity contribution >= 4 is 45.5 Å². The molecule has 0 spiro atoms. The minimum Gasteiger partial charge on any atom is -0.300 e. The molecule has 3 heterocycles. The number of thioether (sulfide) groups is 1. The van der Waals surface area contributed by atoms with Crippen molar-refractivity contribution in [2.75, 3.05) is 11.1 Å².